The highest BCUT2D eigenvalue weighted by Crippen LogP contribution is 2.01. The molecule has 1 rings (SSSR count). The van der Waals surface area contributed by atoms with Gasteiger partial charge in [-0.25, -0.2) is 4.79 Å². The molecule has 0 N–H and O–H groups in total. The van der Waals surface area contributed by atoms with Crippen molar-refractivity contribution >= 4 is 17.5 Å². The van der Waals surface area contributed by atoms with Gasteiger partial charge in [0.25, 0.3) is 0 Å². The zero-order valence-corrected chi connectivity index (χ0v) is 8.23. The molecule has 0 aliphatic heterocycles. The fraction of sp³-hybridized carbons (Fsp3) is 0.182. The number of rotatable bonds is 4. The molecule has 0 radical (unpaired) electrons. The highest BCUT2D eigenvalue weighted by Gasteiger charge is 2.24. The molecular formula is C11H10O4. The van der Waals surface area contributed by atoms with Crippen molar-refractivity contribution < 1.29 is 19.1 Å². The van der Waals surface area contributed by atoms with Crippen molar-refractivity contribution in [3.8, 4) is 0 Å². The predicted octanol–water partition coefficient (Wildman–Crippen LogP) is 1.00. The van der Waals surface area contributed by atoms with E-state index >= 15 is 0 Å². The van der Waals surface area contributed by atoms with Crippen LogP contribution in [0.3, 0.4) is 0 Å². The molecule has 0 atom stereocenters. The summed E-state index contributed by atoms with van der Waals surface area (Å²) in [4.78, 5) is 33.6. The maximum absolute atomic E-state index is 11.4. The molecule has 1 aromatic rings. The molecule has 4 heteroatoms. The highest BCUT2D eigenvalue weighted by atomic mass is 16.5. The molecule has 0 fully saturated rings. The Morgan fingerprint density at radius 1 is 1.13 bits per heavy atom. The van der Waals surface area contributed by atoms with Gasteiger partial charge in [0.05, 0.1) is 6.61 Å². The van der Waals surface area contributed by atoms with E-state index in [1.54, 1.807) is 25.1 Å². The van der Waals surface area contributed by atoms with Crippen LogP contribution in [0.2, 0.25) is 0 Å². The molecule has 0 bridgehead atoms. The Balaban J connectivity index is 2.78. The Morgan fingerprint density at radius 2 is 1.73 bits per heavy atom. The summed E-state index contributed by atoms with van der Waals surface area (Å²) in [6.07, 6.45) is 0. The number of benzene rings is 1. The van der Waals surface area contributed by atoms with Crippen molar-refractivity contribution in [1.82, 2.24) is 0 Å². The van der Waals surface area contributed by atoms with Crippen LogP contribution in [-0.2, 0) is 14.3 Å². The molecule has 0 aromatic heterocycles. The van der Waals surface area contributed by atoms with Gasteiger partial charge in [0.15, 0.2) is 0 Å². The summed E-state index contributed by atoms with van der Waals surface area (Å²) in [5.41, 5.74) is 0.190. The van der Waals surface area contributed by atoms with Gasteiger partial charge in [-0.2, -0.15) is 0 Å². The first kappa shape index (κ1) is 11.1. The van der Waals surface area contributed by atoms with Crippen LogP contribution >= 0.6 is 0 Å². The zero-order chi connectivity index (χ0) is 11.3. The lowest BCUT2D eigenvalue weighted by Gasteiger charge is -1.99. The van der Waals surface area contributed by atoms with Crippen molar-refractivity contribution in [3.63, 3.8) is 0 Å². The lowest BCUT2D eigenvalue weighted by Crippen LogP contribution is -2.26. The number of esters is 1. The second kappa shape index (κ2) is 5.05. The van der Waals surface area contributed by atoms with Crippen molar-refractivity contribution in [2.45, 2.75) is 6.92 Å². The number of ether oxygens (including phenoxy) is 1. The molecule has 0 saturated heterocycles. The summed E-state index contributed by atoms with van der Waals surface area (Å²) < 4.78 is 4.44. The van der Waals surface area contributed by atoms with Crippen molar-refractivity contribution in [3.05, 3.63) is 35.9 Å². The molecule has 0 amide bonds. The van der Waals surface area contributed by atoms with Gasteiger partial charge >= 0.3 is 11.8 Å². The number of hydrogen-bond acceptors (Lipinski definition) is 4. The summed E-state index contributed by atoms with van der Waals surface area (Å²) in [7, 11) is 0. The van der Waals surface area contributed by atoms with E-state index < -0.39 is 17.5 Å². The number of Topliss-reactive ketones (excluding diaryl/α,β-unsaturated/α-hetero) is 2. The van der Waals surface area contributed by atoms with E-state index in [2.05, 4.69) is 4.74 Å². The van der Waals surface area contributed by atoms with Crippen LogP contribution in [0, 0.1) is 0 Å². The van der Waals surface area contributed by atoms with E-state index in [-0.39, 0.29) is 12.2 Å². The Morgan fingerprint density at radius 3 is 2.27 bits per heavy atom. The van der Waals surface area contributed by atoms with Gasteiger partial charge in [0, 0.05) is 5.56 Å². The van der Waals surface area contributed by atoms with E-state index in [0.29, 0.717) is 0 Å². The third-order valence-electron chi connectivity index (χ3n) is 1.70. The first-order valence-corrected chi connectivity index (χ1v) is 4.47. The minimum atomic E-state index is -1.14. The minimum absolute atomic E-state index is 0.0760. The standard InChI is InChI=1S/C11H10O4/c1-2-15-11(14)10(13)9(12)8-6-4-3-5-7-8/h3-7H,2H2,1H3. The molecule has 0 saturated carbocycles. The van der Waals surface area contributed by atoms with E-state index in [1.807, 2.05) is 0 Å². The van der Waals surface area contributed by atoms with Gasteiger partial charge < -0.3 is 4.74 Å². The zero-order valence-electron chi connectivity index (χ0n) is 8.23. The molecule has 0 heterocycles. The van der Waals surface area contributed by atoms with E-state index in [1.165, 1.54) is 12.1 Å². The topological polar surface area (TPSA) is 60.4 Å². The van der Waals surface area contributed by atoms with Gasteiger partial charge in [-0.3, -0.25) is 9.59 Å². The van der Waals surface area contributed by atoms with Gasteiger partial charge in [0.2, 0.25) is 5.78 Å². The third kappa shape index (κ3) is 2.74. The fourth-order valence-electron chi connectivity index (χ4n) is 1.01. The second-order valence-electron chi connectivity index (χ2n) is 2.74. The second-order valence-corrected chi connectivity index (χ2v) is 2.74. The van der Waals surface area contributed by atoms with E-state index in [9.17, 15) is 14.4 Å². The fourth-order valence-corrected chi connectivity index (χ4v) is 1.01. The van der Waals surface area contributed by atoms with Crippen molar-refractivity contribution in [1.29, 1.82) is 0 Å². The Bertz CT molecular complexity index is 381. The summed E-state index contributed by atoms with van der Waals surface area (Å²) in [5, 5.41) is 0. The van der Waals surface area contributed by atoms with E-state index in [4.69, 9.17) is 0 Å². The van der Waals surface area contributed by atoms with Gasteiger partial charge in [0.1, 0.15) is 0 Å². The van der Waals surface area contributed by atoms with Crippen LogP contribution in [0.4, 0.5) is 0 Å². The smallest absolute Gasteiger partial charge is 0.383 e. The molecule has 4 nitrogen and oxygen atoms in total. The van der Waals surface area contributed by atoms with E-state index in [0.717, 1.165) is 0 Å². The minimum Gasteiger partial charge on any atom is -0.460 e. The molecule has 0 spiro atoms. The number of carbonyl (C=O) groups is 3. The average Bonchev–Trinajstić information content (AvgIpc) is 2.28. The molecule has 15 heavy (non-hydrogen) atoms. The van der Waals surface area contributed by atoms with Crippen LogP contribution in [-0.4, -0.2) is 24.1 Å². The number of carbonyl (C=O) groups excluding carboxylic acids is 3. The van der Waals surface area contributed by atoms with Gasteiger partial charge in [-0.1, -0.05) is 30.3 Å². The Labute approximate surface area is 86.9 Å². The number of ketones is 2. The van der Waals surface area contributed by atoms with Crippen LogP contribution in [0.1, 0.15) is 17.3 Å². The normalized spacial score (nSPS) is 9.40. The Kier molecular flexibility index (Phi) is 3.74. The molecule has 0 aliphatic carbocycles. The largest absolute Gasteiger partial charge is 0.460 e. The van der Waals surface area contributed by atoms with Crippen molar-refractivity contribution in [2.75, 3.05) is 6.61 Å². The summed E-state index contributed by atoms with van der Waals surface area (Å²) in [6, 6.07) is 7.89. The third-order valence-corrected chi connectivity index (χ3v) is 1.70. The summed E-state index contributed by atoms with van der Waals surface area (Å²) in [6.45, 7) is 1.64. The predicted molar refractivity (Wildman–Crippen MR) is 52.4 cm³/mol. The monoisotopic (exact) mass is 206 g/mol. The first-order valence-electron chi connectivity index (χ1n) is 4.47. The molecular weight excluding hydrogens is 196 g/mol. The average molecular weight is 206 g/mol. The Hall–Kier alpha value is -1.97. The van der Waals surface area contributed by atoms with Gasteiger partial charge in [-0.05, 0) is 6.92 Å². The number of hydrogen-bond donors (Lipinski definition) is 0. The van der Waals surface area contributed by atoms with Crippen LogP contribution in [0.25, 0.3) is 0 Å². The molecule has 0 unspecified atom stereocenters. The summed E-state index contributed by atoms with van der Waals surface area (Å²) in [5.74, 6) is -3.08. The molecule has 78 valence electrons. The van der Waals surface area contributed by atoms with Crippen LogP contribution in [0.5, 0.6) is 0 Å². The van der Waals surface area contributed by atoms with Crippen LogP contribution in [0.15, 0.2) is 30.3 Å². The maximum Gasteiger partial charge on any atom is 0.383 e. The maximum atomic E-state index is 11.4. The lowest BCUT2D eigenvalue weighted by atomic mass is 10.1. The lowest BCUT2D eigenvalue weighted by molar-refractivity contribution is -0.151. The van der Waals surface area contributed by atoms with Crippen molar-refractivity contribution in [2.24, 2.45) is 0 Å². The summed E-state index contributed by atoms with van der Waals surface area (Å²) >= 11 is 0. The highest BCUT2D eigenvalue weighted by molar-refractivity contribution is 6.65. The molecule has 1 aromatic carbocycles. The quantitative estimate of drug-likeness (QED) is 0.319. The van der Waals surface area contributed by atoms with Gasteiger partial charge in [-0.15, -0.1) is 0 Å². The first-order chi connectivity index (χ1) is 7.16. The molecule has 0 aliphatic rings. The SMILES string of the molecule is CCOC(=O)C(=O)C(=O)c1ccccc1. The van der Waals surface area contributed by atoms with Crippen LogP contribution < -0.4 is 0 Å².